The zero-order valence-electron chi connectivity index (χ0n) is 10.7. The van der Waals surface area contributed by atoms with E-state index in [0.717, 1.165) is 21.9 Å². The van der Waals surface area contributed by atoms with Gasteiger partial charge in [-0.05, 0) is 23.1 Å². The lowest BCUT2D eigenvalue weighted by Crippen LogP contribution is -2.08. The minimum absolute atomic E-state index is 0.228. The smallest absolute Gasteiger partial charge is 0.275 e. The molecule has 6 nitrogen and oxygen atoms in total. The number of fused-ring (bicyclic) bond motifs is 3. The molecular weight excluding hydrogens is 254 g/mol. The maximum Gasteiger partial charge on any atom is 0.347 e. The lowest BCUT2D eigenvalue weighted by atomic mass is 10.0. The monoisotopic (exact) mass is 265 g/mol. The Morgan fingerprint density at radius 1 is 1.20 bits per heavy atom. The van der Waals surface area contributed by atoms with Gasteiger partial charge in [0.1, 0.15) is 0 Å². The van der Waals surface area contributed by atoms with E-state index in [-0.39, 0.29) is 5.69 Å². The van der Waals surface area contributed by atoms with E-state index in [1.54, 1.807) is 10.9 Å². The first-order chi connectivity index (χ1) is 9.72. The van der Waals surface area contributed by atoms with Crippen molar-refractivity contribution in [3.63, 3.8) is 0 Å². The molecule has 0 atom stereocenters. The first kappa shape index (κ1) is 11.0. The normalized spacial score (nSPS) is 11.4. The number of hydrogen-bond acceptors (Lipinski definition) is 3. The number of pyridine rings is 1. The summed E-state index contributed by atoms with van der Waals surface area (Å²) < 4.78 is 3.27. The lowest BCUT2D eigenvalue weighted by Gasteiger charge is -2.02. The van der Waals surface area contributed by atoms with E-state index in [1.165, 1.54) is 4.40 Å². The summed E-state index contributed by atoms with van der Waals surface area (Å²) in [5.41, 5.74) is 2.50. The summed E-state index contributed by atoms with van der Waals surface area (Å²) >= 11 is 0. The van der Waals surface area contributed by atoms with E-state index in [2.05, 4.69) is 15.3 Å². The van der Waals surface area contributed by atoms with Crippen LogP contribution in [0.3, 0.4) is 0 Å². The molecule has 3 aromatic heterocycles. The molecule has 3 heterocycles. The average molecular weight is 265 g/mol. The number of aromatic amines is 1. The Bertz CT molecular complexity index is 992. The fourth-order valence-electron chi connectivity index (χ4n) is 2.43. The van der Waals surface area contributed by atoms with Crippen molar-refractivity contribution in [2.45, 2.75) is 0 Å². The molecule has 4 aromatic rings. The summed E-state index contributed by atoms with van der Waals surface area (Å²) in [7, 11) is 1.88. The molecule has 4 rings (SSSR count). The van der Waals surface area contributed by atoms with Gasteiger partial charge in [0, 0.05) is 30.4 Å². The molecule has 0 aliphatic rings. The van der Waals surface area contributed by atoms with Crippen LogP contribution < -0.4 is 5.69 Å². The van der Waals surface area contributed by atoms with E-state index in [9.17, 15) is 4.79 Å². The van der Waals surface area contributed by atoms with E-state index in [4.69, 9.17) is 0 Å². The van der Waals surface area contributed by atoms with Gasteiger partial charge in [0.25, 0.3) is 0 Å². The second-order valence-electron chi connectivity index (χ2n) is 4.74. The van der Waals surface area contributed by atoms with Gasteiger partial charge in [0.2, 0.25) is 0 Å². The van der Waals surface area contributed by atoms with Crippen molar-refractivity contribution in [1.29, 1.82) is 0 Å². The van der Waals surface area contributed by atoms with Crippen LogP contribution in [-0.2, 0) is 7.05 Å². The third-order valence-corrected chi connectivity index (χ3v) is 3.44. The summed E-state index contributed by atoms with van der Waals surface area (Å²) in [6, 6.07) is 8.01. The van der Waals surface area contributed by atoms with E-state index in [1.807, 2.05) is 43.7 Å². The molecule has 0 fully saturated rings. The van der Waals surface area contributed by atoms with Crippen molar-refractivity contribution in [1.82, 2.24) is 24.4 Å². The molecule has 0 saturated heterocycles. The van der Waals surface area contributed by atoms with Crippen LogP contribution in [0.1, 0.15) is 0 Å². The fraction of sp³-hybridized carbons (Fsp3) is 0.0714. The Labute approximate surface area is 113 Å². The van der Waals surface area contributed by atoms with Crippen LogP contribution in [0.4, 0.5) is 0 Å². The largest absolute Gasteiger partial charge is 0.347 e. The number of aromatic nitrogens is 5. The quantitative estimate of drug-likeness (QED) is 0.568. The second kappa shape index (κ2) is 3.80. The Morgan fingerprint density at radius 2 is 2.10 bits per heavy atom. The summed E-state index contributed by atoms with van der Waals surface area (Å²) in [5.74, 6) is 0. The number of aryl methyl sites for hydroxylation is 1. The van der Waals surface area contributed by atoms with Crippen LogP contribution >= 0.6 is 0 Å². The highest BCUT2D eigenvalue weighted by Crippen LogP contribution is 2.25. The molecule has 0 amide bonds. The fourth-order valence-corrected chi connectivity index (χ4v) is 2.43. The van der Waals surface area contributed by atoms with Gasteiger partial charge in [0.05, 0.1) is 6.20 Å². The maximum atomic E-state index is 11.6. The summed E-state index contributed by atoms with van der Waals surface area (Å²) in [4.78, 5) is 11.6. The van der Waals surface area contributed by atoms with Crippen LogP contribution in [0.2, 0.25) is 0 Å². The molecule has 0 aliphatic carbocycles. The molecule has 0 radical (unpaired) electrons. The molecule has 0 unspecified atom stereocenters. The van der Waals surface area contributed by atoms with E-state index in [0.29, 0.717) is 5.65 Å². The van der Waals surface area contributed by atoms with Crippen LogP contribution in [0.25, 0.3) is 27.5 Å². The van der Waals surface area contributed by atoms with Crippen molar-refractivity contribution in [2.24, 2.45) is 7.05 Å². The summed E-state index contributed by atoms with van der Waals surface area (Å²) in [5, 5.41) is 12.7. The van der Waals surface area contributed by atoms with Gasteiger partial charge in [-0.2, -0.15) is 10.2 Å². The second-order valence-corrected chi connectivity index (χ2v) is 4.74. The molecular formula is C14H11N5O. The van der Waals surface area contributed by atoms with Crippen molar-refractivity contribution >= 4 is 16.4 Å². The Hall–Kier alpha value is -2.89. The molecule has 98 valence electrons. The number of benzene rings is 1. The van der Waals surface area contributed by atoms with Crippen molar-refractivity contribution in [3.8, 4) is 11.1 Å². The molecule has 1 aromatic carbocycles. The molecule has 0 saturated carbocycles. The molecule has 0 bridgehead atoms. The van der Waals surface area contributed by atoms with Gasteiger partial charge in [-0.3, -0.25) is 4.68 Å². The molecule has 0 spiro atoms. The van der Waals surface area contributed by atoms with Crippen molar-refractivity contribution in [2.75, 3.05) is 0 Å². The van der Waals surface area contributed by atoms with Crippen LogP contribution in [0, 0.1) is 0 Å². The average Bonchev–Trinajstić information content (AvgIpc) is 3.05. The predicted octanol–water partition coefficient (Wildman–Crippen LogP) is 1.58. The summed E-state index contributed by atoms with van der Waals surface area (Å²) in [6.07, 6.45) is 5.50. The Balaban J connectivity index is 2.06. The van der Waals surface area contributed by atoms with E-state index >= 15 is 0 Å². The number of rotatable bonds is 1. The first-order valence-electron chi connectivity index (χ1n) is 6.21. The molecule has 20 heavy (non-hydrogen) atoms. The van der Waals surface area contributed by atoms with E-state index < -0.39 is 0 Å². The SMILES string of the molecule is Cn1cc(-c2ccc3ccn4c(=O)[nH]nc4c3c2)cn1. The molecule has 6 heteroatoms. The van der Waals surface area contributed by atoms with Crippen LogP contribution in [0.5, 0.6) is 0 Å². The van der Waals surface area contributed by atoms with Crippen molar-refractivity contribution < 1.29 is 0 Å². The number of nitrogens with zero attached hydrogens (tertiary/aromatic N) is 4. The minimum atomic E-state index is -0.228. The third kappa shape index (κ3) is 1.48. The first-order valence-corrected chi connectivity index (χ1v) is 6.21. The predicted molar refractivity (Wildman–Crippen MR) is 75.5 cm³/mol. The van der Waals surface area contributed by atoms with Crippen LogP contribution in [-0.4, -0.2) is 24.4 Å². The number of nitrogens with one attached hydrogen (secondary N) is 1. The van der Waals surface area contributed by atoms with Gasteiger partial charge in [-0.1, -0.05) is 12.1 Å². The Morgan fingerprint density at radius 3 is 2.90 bits per heavy atom. The zero-order valence-corrected chi connectivity index (χ0v) is 10.7. The number of hydrogen-bond donors (Lipinski definition) is 1. The third-order valence-electron chi connectivity index (χ3n) is 3.44. The molecule has 1 N–H and O–H groups in total. The van der Waals surface area contributed by atoms with Crippen molar-refractivity contribution in [3.05, 3.63) is 53.3 Å². The van der Waals surface area contributed by atoms with Gasteiger partial charge < -0.3 is 0 Å². The standard InChI is InChI=1S/C14H11N5O/c1-18-8-11(7-15-18)10-3-2-9-4-5-19-13(12(9)6-10)16-17-14(19)20/h2-8H,1H3,(H,17,20). The van der Waals surface area contributed by atoms with Gasteiger partial charge in [-0.25, -0.2) is 14.3 Å². The highest BCUT2D eigenvalue weighted by atomic mass is 16.1. The number of H-pyrrole nitrogens is 1. The van der Waals surface area contributed by atoms with Gasteiger partial charge in [0.15, 0.2) is 5.65 Å². The molecule has 0 aliphatic heterocycles. The van der Waals surface area contributed by atoms with Gasteiger partial charge in [-0.15, -0.1) is 0 Å². The summed E-state index contributed by atoms with van der Waals surface area (Å²) in [6.45, 7) is 0. The highest BCUT2D eigenvalue weighted by molar-refractivity contribution is 5.96. The van der Waals surface area contributed by atoms with Gasteiger partial charge >= 0.3 is 5.69 Å². The highest BCUT2D eigenvalue weighted by Gasteiger charge is 2.07. The topological polar surface area (TPSA) is 68.0 Å². The zero-order chi connectivity index (χ0) is 13.7. The Kier molecular flexibility index (Phi) is 2.09. The lowest BCUT2D eigenvalue weighted by molar-refractivity contribution is 0.768. The maximum absolute atomic E-state index is 11.6. The van der Waals surface area contributed by atoms with Crippen LogP contribution in [0.15, 0.2) is 47.7 Å². The minimum Gasteiger partial charge on any atom is -0.275 e.